The van der Waals surface area contributed by atoms with Crippen molar-refractivity contribution in [2.24, 2.45) is 0 Å². The molecule has 3 aromatic rings. The smallest absolute Gasteiger partial charge is 0.314 e. The van der Waals surface area contributed by atoms with Crippen LogP contribution in [0.2, 0.25) is 0 Å². The van der Waals surface area contributed by atoms with Crippen molar-refractivity contribution in [3.8, 4) is 5.95 Å². The Morgan fingerprint density at radius 1 is 1.00 bits per heavy atom. The fourth-order valence-corrected chi connectivity index (χ4v) is 4.65. The van der Waals surface area contributed by atoms with Gasteiger partial charge in [-0.2, -0.15) is 15.0 Å². The van der Waals surface area contributed by atoms with E-state index in [1.54, 1.807) is 31.3 Å². The number of aromatic nitrogens is 5. The molecule has 36 heavy (non-hydrogen) atoms. The second-order valence-electron chi connectivity index (χ2n) is 8.87. The third-order valence-electron chi connectivity index (χ3n) is 6.51. The molecule has 1 aliphatic carbocycles. The highest BCUT2D eigenvalue weighted by molar-refractivity contribution is 5.77. The molecule has 0 spiro atoms. The highest BCUT2D eigenvalue weighted by atomic mass is 19.3. The molecule has 0 atom stereocenters. The first kappa shape index (κ1) is 24.1. The lowest BCUT2D eigenvalue weighted by Crippen LogP contribution is -2.44. The Hall–Kier alpha value is -3.61. The van der Waals surface area contributed by atoms with Gasteiger partial charge >= 0.3 is 6.03 Å². The van der Waals surface area contributed by atoms with Crippen LogP contribution < -0.4 is 20.9 Å². The number of rotatable bonds is 6. The van der Waals surface area contributed by atoms with Gasteiger partial charge in [-0.3, -0.25) is 4.57 Å². The van der Waals surface area contributed by atoms with Crippen LogP contribution in [0.3, 0.4) is 0 Å². The molecular formula is C23H29F2N9O2. The number of anilines is 2. The molecule has 192 valence electrons. The molecule has 1 saturated heterocycles. The van der Waals surface area contributed by atoms with Crippen molar-refractivity contribution < 1.29 is 18.3 Å². The summed E-state index contributed by atoms with van der Waals surface area (Å²) in [5.74, 6) is 0.399. The summed E-state index contributed by atoms with van der Waals surface area (Å²) in [7, 11) is 1.59. The van der Waals surface area contributed by atoms with Crippen LogP contribution in [-0.4, -0.2) is 76.0 Å². The third kappa shape index (κ3) is 5.15. The van der Waals surface area contributed by atoms with Crippen LogP contribution in [0.5, 0.6) is 0 Å². The van der Waals surface area contributed by atoms with E-state index < -0.39 is 12.2 Å². The van der Waals surface area contributed by atoms with Crippen molar-refractivity contribution in [2.75, 3.05) is 43.6 Å². The van der Waals surface area contributed by atoms with E-state index in [0.717, 1.165) is 25.7 Å². The number of imidazole rings is 1. The number of alkyl halides is 2. The number of para-hydroxylation sites is 2. The molecule has 0 radical (unpaired) electrons. The molecule has 13 heteroatoms. The first-order valence-corrected chi connectivity index (χ1v) is 12.1. The largest absolute Gasteiger partial charge is 0.378 e. The van der Waals surface area contributed by atoms with Crippen molar-refractivity contribution in [1.29, 1.82) is 0 Å². The topological polar surface area (TPSA) is 122 Å². The van der Waals surface area contributed by atoms with Gasteiger partial charge in [0.15, 0.2) is 5.82 Å². The number of hydrogen-bond acceptors (Lipinski definition) is 8. The molecule has 2 fully saturated rings. The second-order valence-corrected chi connectivity index (χ2v) is 8.87. The molecule has 3 N–H and O–H groups in total. The minimum Gasteiger partial charge on any atom is -0.378 e. The van der Waals surface area contributed by atoms with Gasteiger partial charge in [-0.15, -0.1) is 0 Å². The van der Waals surface area contributed by atoms with Crippen LogP contribution in [0.4, 0.5) is 25.5 Å². The minimum atomic E-state index is -2.81. The Labute approximate surface area is 206 Å². The number of hydrogen-bond donors (Lipinski definition) is 3. The standard InChI is InChI=1S/C23H29F2N9O2/c1-26-23(35)28-15-8-6-14(7-9-15)27-20-30-21(33-10-12-36-13-11-33)32-22(31-20)34-17-5-3-2-4-16(17)29-19(34)18(24)25/h2-5,14-15,18H,6-13H2,1H3,(H2,26,28,35)(H,27,30,31,32)/t14-,15-. The molecule has 3 heterocycles. The Morgan fingerprint density at radius 2 is 1.69 bits per heavy atom. The Kier molecular flexibility index (Phi) is 7.07. The number of nitrogens with zero attached hydrogens (tertiary/aromatic N) is 6. The van der Waals surface area contributed by atoms with Crippen LogP contribution >= 0.6 is 0 Å². The van der Waals surface area contributed by atoms with Crippen molar-refractivity contribution >= 4 is 29.0 Å². The number of ether oxygens (including phenoxy) is 1. The average Bonchev–Trinajstić information content (AvgIpc) is 3.30. The maximum atomic E-state index is 14.0. The number of urea groups is 1. The monoisotopic (exact) mass is 501 g/mol. The maximum absolute atomic E-state index is 14.0. The first-order valence-electron chi connectivity index (χ1n) is 12.1. The minimum absolute atomic E-state index is 0.0784. The quantitative estimate of drug-likeness (QED) is 0.471. The summed E-state index contributed by atoms with van der Waals surface area (Å²) in [6.45, 7) is 2.24. The summed E-state index contributed by atoms with van der Waals surface area (Å²) >= 11 is 0. The number of carbonyl (C=O) groups excluding carboxylic acids is 1. The van der Waals surface area contributed by atoms with Gasteiger partial charge in [-0.05, 0) is 37.8 Å². The number of fused-ring (bicyclic) bond motifs is 1. The van der Waals surface area contributed by atoms with E-state index >= 15 is 0 Å². The number of amides is 2. The van der Waals surface area contributed by atoms with Crippen LogP contribution in [0.25, 0.3) is 17.0 Å². The van der Waals surface area contributed by atoms with Gasteiger partial charge in [0.2, 0.25) is 17.8 Å². The van der Waals surface area contributed by atoms with Crippen LogP contribution in [0.1, 0.15) is 37.9 Å². The van der Waals surface area contributed by atoms with Gasteiger partial charge in [0.1, 0.15) is 0 Å². The van der Waals surface area contributed by atoms with Gasteiger partial charge in [0.25, 0.3) is 6.43 Å². The molecule has 0 bridgehead atoms. The first-order chi connectivity index (χ1) is 17.5. The highest BCUT2D eigenvalue weighted by Gasteiger charge is 2.26. The molecule has 5 rings (SSSR count). The zero-order valence-electron chi connectivity index (χ0n) is 20.0. The summed E-state index contributed by atoms with van der Waals surface area (Å²) < 4.78 is 34.8. The van der Waals surface area contributed by atoms with Gasteiger partial charge < -0.3 is 25.6 Å². The average molecular weight is 502 g/mol. The molecule has 2 amide bonds. The van der Waals surface area contributed by atoms with Gasteiger partial charge in [-0.1, -0.05) is 12.1 Å². The van der Waals surface area contributed by atoms with Crippen molar-refractivity contribution in [2.45, 2.75) is 44.2 Å². The van der Waals surface area contributed by atoms with Crippen molar-refractivity contribution in [3.05, 3.63) is 30.1 Å². The predicted octanol–water partition coefficient (Wildman–Crippen LogP) is 2.64. The third-order valence-corrected chi connectivity index (χ3v) is 6.51. The summed E-state index contributed by atoms with van der Waals surface area (Å²) in [5.41, 5.74) is 0.941. The van der Waals surface area contributed by atoms with E-state index in [1.807, 2.05) is 4.90 Å². The maximum Gasteiger partial charge on any atom is 0.314 e. The molecule has 1 aliphatic heterocycles. The van der Waals surface area contributed by atoms with Crippen LogP contribution in [0.15, 0.2) is 24.3 Å². The fourth-order valence-electron chi connectivity index (χ4n) is 4.65. The van der Waals surface area contributed by atoms with E-state index in [0.29, 0.717) is 49.2 Å². The molecular weight excluding hydrogens is 472 g/mol. The zero-order valence-corrected chi connectivity index (χ0v) is 20.0. The fraction of sp³-hybridized carbons (Fsp3) is 0.522. The van der Waals surface area contributed by atoms with Crippen molar-refractivity contribution in [1.82, 2.24) is 35.1 Å². The number of halogens is 2. The van der Waals surface area contributed by atoms with Crippen LogP contribution in [0, 0.1) is 0 Å². The predicted molar refractivity (Wildman–Crippen MR) is 130 cm³/mol. The van der Waals surface area contributed by atoms with E-state index in [1.165, 1.54) is 4.57 Å². The molecule has 0 unspecified atom stereocenters. The Morgan fingerprint density at radius 3 is 2.42 bits per heavy atom. The number of carbonyl (C=O) groups is 1. The summed E-state index contributed by atoms with van der Waals surface area (Å²) in [6.07, 6.45) is 0.417. The molecule has 2 aromatic heterocycles. The van der Waals surface area contributed by atoms with Crippen LogP contribution in [-0.2, 0) is 4.74 Å². The van der Waals surface area contributed by atoms with E-state index in [4.69, 9.17) is 4.74 Å². The van der Waals surface area contributed by atoms with Gasteiger partial charge in [0.05, 0.1) is 24.2 Å². The SMILES string of the molecule is CNC(=O)N[C@H]1CC[C@H](Nc2nc(N3CCOCC3)nc(-n3c(C(F)F)nc4ccccc43)n2)CC1. The number of morpholine rings is 1. The zero-order chi connectivity index (χ0) is 25.1. The Balaban J connectivity index is 1.46. The lowest BCUT2D eigenvalue weighted by molar-refractivity contribution is 0.122. The van der Waals surface area contributed by atoms with E-state index in [2.05, 4.69) is 35.9 Å². The van der Waals surface area contributed by atoms with E-state index in [9.17, 15) is 13.6 Å². The van der Waals surface area contributed by atoms with Gasteiger partial charge in [0, 0.05) is 32.2 Å². The van der Waals surface area contributed by atoms with E-state index in [-0.39, 0.29) is 24.1 Å². The van der Waals surface area contributed by atoms with Crippen molar-refractivity contribution in [3.63, 3.8) is 0 Å². The van der Waals surface area contributed by atoms with Gasteiger partial charge in [-0.25, -0.2) is 18.6 Å². The number of benzene rings is 1. The number of nitrogens with one attached hydrogen (secondary N) is 3. The Bertz CT molecular complexity index is 1210. The highest BCUT2D eigenvalue weighted by Crippen LogP contribution is 2.28. The second kappa shape index (κ2) is 10.6. The molecule has 1 saturated carbocycles. The normalized spacial score (nSPS) is 20.5. The summed E-state index contributed by atoms with van der Waals surface area (Å²) in [6, 6.07) is 6.92. The lowest BCUT2D eigenvalue weighted by atomic mass is 9.91. The molecule has 11 nitrogen and oxygen atoms in total. The molecule has 1 aromatic carbocycles. The summed E-state index contributed by atoms with van der Waals surface area (Å²) in [5, 5.41) is 8.90. The lowest BCUT2D eigenvalue weighted by Gasteiger charge is -2.30. The molecule has 2 aliphatic rings. The summed E-state index contributed by atoms with van der Waals surface area (Å²) in [4.78, 5) is 31.5.